The number of sulfone groups is 1. The Morgan fingerprint density at radius 1 is 1.08 bits per heavy atom. The number of fused-ring (bicyclic) bond motifs is 1. The number of nitrogens with one attached hydrogen (secondary N) is 1. The average Bonchev–Trinajstić information content (AvgIpc) is 2.94. The highest BCUT2D eigenvalue weighted by Gasteiger charge is 2.27. The van der Waals surface area contributed by atoms with Gasteiger partial charge in [0.05, 0.1) is 28.9 Å². The van der Waals surface area contributed by atoms with Crippen LogP contribution in [0, 0.1) is 0 Å². The van der Waals surface area contributed by atoms with Gasteiger partial charge in [-0.3, -0.25) is 4.79 Å². The van der Waals surface area contributed by atoms with Crippen molar-refractivity contribution in [2.75, 3.05) is 23.8 Å². The van der Waals surface area contributed by atoms with Crippen LogP contribution in [0.2, 0.25) is 0 Å². The second-order valence-electron chi connectivity index (χ2n) is 9.16. The van der Waals surface area contributed by atoms with E-state index in [0.29, 0.717) is 30.2 Å². The first-order chi connectivity index (χ1) is 18.2. The van der Waals surface area contributed by atoms with Crippen LogP contribution in [0.4, 0.5) is 5.95 Å². The van der Waals surface area contributed by atoms with Gasteiger partial charge in [-0.05, 0) is 47.4 Å². The standard InChI is InChI=1S/C27H30N4O6S/c1-3-17-14-31(27-28-12-21(13-29-27)26(34)35)15-20-11-19(7-10-23(17)20)25(33)30-24(16-32)18-5-8-22(9-6-18)38(36,37)4-2/h5-13,17,24,32H,3-4,14-16H2,1-2H3,(H,30,33)(H,34,35)/t17-,24-/m0/s1. The Morgan fingerprint density at radius 3 is 2.34 bits per heavy atom. The summed E-state index contributed by atoms with van der Waals surface area (Å²) < 4.78 is 24.2. The van der Waals surface area contributed by atoms with Gasteiger partial charge in [0.1, 0.15) is 0 Å². The van der Waals surface area contributed by atoms with E-state index in [1.54, 1.807) is 25.1 Å². The van der Waals surface area contributed by atoms with Gasteiger partial charge in [0.25, 0.3) is 5.91 Å². The summed E-state index contributed by atoms with van der Waals surface area (Å²) >= 11 is 0. The van der Waals surface area contributed by atoms with Gasteiger partial charge >= 0.3 is 5.97 Å². The molecule has 1 aromatic heterocycles. The van der Waals surface area contributed by atoms with Crippen LogP contribution in [0.1, 0.15) is 69.6 Å². The fraction of sp³-hybridized carbons (Fsp3) is 0.333. The molecule has 0 aliphatic carbocycles. The summed E-state index contributed by atoms with van der Waals surface area (Å²) in [4.78, 5) is 34.9. The number of hydrogen-bond acceptors (Lipinski definition) is 8. The Kier molecular flexibility index (Phi) is 8.08. The fourth-order valence-corrected chi connectivity index (χ4v) is 5.45. The summed E-state index contributed by atoms with van der Waals surface area (Å²) in [7, 11) is -3.35. The van der Waals surface area contributed by atoms with Crippen molar-refractivity contribution >= 4 is 27.7 Å². The highest BCUT2D eigenvalue weighted by molar-refractivity contribution is 7.91. The van der Waals surface area contributed by atoms with E-state index in [9.17, 15) is 23.1 Å². The molecule has 0 saturated heterocycles. The zero-order valence-electron chi connectivity index (χ0n) is 21.2. The zero-order valence-corrected chi connectivity index (χ0v) is 22.0. The first-order valence-corrected chi connectivity index (χ1v) is 14.0. The summed E-state index contributed by atoms with van der Waals surface area (Å²) in [5.74, 6) is -0.874. The number of aliphatic hydroxyl groups is 1. The van der Waals surface area contributed by atoms with Gasteiger partial charge in [-0.2, -0.15) is 0 Å². The third-order valence-electron chi connectivity index (χ3n) is 6.82. The summed E-state index contributed by atoms with van der Waals surface area (Å²) in [6, 6.07) is 11.0. The molecule has 0 bridgehead atoms. The molecule has 2 heterocycles. The van der Waals surface area contributed by atoms with E-state index in [4.69, 9.17) is 5.11 Å². The molecule has 0 unspecified atom stereocenters. The molecule has 0 spiro atoms. The van der Waals surface area contributed by atoms with Gasteiger partial charge in [-0.25, -0.2) is 23.2 Å². The average molecular weight is 539 g/mol. The predicted octanol–water partition coefficient (Wildman–Crippen LogP) is 2.95. The summed E-state index contributed by atoms with van der Waals surface area (Å²) in [6.45, 7) is 4.41. The molecule has 0 fully saturated rings. The van der Waals surface area contributed by atoms with E-state index < -0.39 is 21.8 Å². The van der Waals surface area contributed by atoms with Crippen molar-refractivity contribution in [2.24, 2.45) is 0 Å². The number of carboxylic acids is 1. The zero-order chi connectivity index (χ0) is 27.4. The fourth-order valence-electron chi connectivity index (χ4n) is 4.56. The molecule has 11 heteroatoms. The lowest BCUT2D eigenvalue weighted by Gasteiger charge is -2.34. The van der Waals surface area contributed by atoms with Gasteiger partial charge in [0, 0.05) is 37.0 Å². The number of amides is 1. The lowest BCUT2D eigenvalue weighted by Crippen LogP contribution is -2.35. The number of anilines is 1. The number of aliphatic hydroxyl groups excluding tert-OH is 1. The summed E-state index contributed by atoms with van der Waals surface area (Å²) in [5.41, 5.74) is 3.10. The first-order valence-electron chi connectivity index (χ1n) is 12.3. The minimum Gasteiger partial charge on any atom is -0.478 e. The number of carbonyl (C=O) groups is 2. The number of aromatic carboxylic acids is 1. The second kappa shape index (κ2) is 11.3. The maximum absolute atomic E-state index is 13.1. The normalized spacial score (nSPS) is 16.0. The minimum absolute atomic E-state index is 0.0113. The third-order valence-corrected chi connectivity index (χ3v) is 8.57. The van der Waals surface area contributed by atoms with Crippen LogP contribution >= 0.6 is 0 Å². The molecule has 4 rings (SSSR count). The smallest absolute Gasteiger partial charge is 0.338 e. The highest BCUT2D eigenvalue weighted by atomic mass is 32.2. The molecule has 3 N–H and O–H groups in total. The van der Waals surface area contributed by atoms with Crippen molar-refractivity contribution in [2.45, 2.75) is 43.7 Å². The molecular formula is C27H30N4O6S. The number of carboxylic acid groups (broad SMARTS) is 1. The van der Waals surface area contributed by atoms with Crippen molar-refractivity contribution in [1.29, 1.82) is 0 Å². The third kappa shape index (κ3) is 5.68. The molecular weight excluding hydrogens is 508 g/mol. The molecule has 2 aromatic carbocycles. The molecule has 0 radical (unpaired) electrons. The Bertz CT molecular complexity index is 1420. The van der Waals surface area contributed by atoms with E-state index in [1.165, 1.54) is 24.5 Å². The number of carbonyl (C=O) groups excluding carboxylic acids is 1. The van der Waals surface area contributed by atoms with E-state index in [2.05, 4.69) is 22.2 Å². The second-order valence-corrected chi connectivity index (χ2v) is 11.4. The maximum Gasteiger partial charge on any atom is 0.338 e. The molecule has 2 atom stereocenters. The molecule has 1 aliphatic rings. The molecule has 1 amide bonds. The summed E-state index contributed by atoms with van der Waals surface area (Å²) in [5, 5.41) is 21.9. The quantitative estimate of drug-likeness (QED) is 0.374. The highest BCUT2D eigenvalue weighted by Crippen LogP contribution is 2.33. The van der Waals surface area contributed by atoms with Crippen LogP contribution < -0.4 is 10.2 Å². The van der Waals surface area contributed by atoms with Crippen LogP contribution in [0.5, 0.6) is 0 Å². The van der Waals surface area contributed by atoms with E-state index in [1.807, 2.05) is 17.0 Å². The van der Waals surface area contributed by atoms with Gasteiger partial charge in [-0.15, -0.1) is 0 Å². The lowest BCUT2D eigenvalue weighted by atomic mass is 9.87. The van der Waals surface area contributed by atoms with Crippen molar-refractivity contribution in [3.8, 4) is 0 Å². The predicted molar refractivity (Wildman–Crippen MR) is 141 cm³/mol. The van der Waals surface area contributed by atoms with Crippen LogP contribution in [-0.4, -0.2) is 59.4 Å². The number of aromatic nitrogens is 2. The topological polar surface area (TPSA) is 150 Å². The number of hydrogen-bond donors (Lipinski definition) is 3. The monoisotopic (exact) mass is 538 g/mol. The van der Waals surface area contributed by atoms with Gasteiger partial charge in [-0.1, -0.05) is 32.0 Å². The van der Waals surface area contributed by atoms with E-state index in [0.717, 1.165) is 17.5 Å². The summed E-state index contributed by atoms with van der Waals surface area (Å²) in [6.07, 6.45) is 3.42. The van der Waals surface area contributed by atoms with E-state index >= 15 is 0 Å². The maximum atomic E-state index is 13.1. The number of nitrogens with zero attached hydrogens (tertiary/aromatic N) is 3. The van der Waals surface area contributed by atoms with Crippen molar-refractivity contribution in [1.82, 2.24) is 15.3 Å². The minimum atomic E-state index is -3.35. The molecule has 0 saturated carbocycles. The van der Waals surface area contributed by atoms with Gasteiger partial charge < -0.3 is 20.4 Å². The van der Waals surface area contributed by atoms with Gasteiger partial charge in [0.2, 0.25) is 5.95 Å². The van der Waals surface area contributed by atoms with Gasteiger partial charge in [0.15, 0.2) is 9.84 Å². The lowest BCUT2D eigenvalue weighted by molar-refractivity contribution is 0.0695. The number of rotatable bonds is 9. The van der Waals surface area contributed by atoms with Crippen molar-refractivity contribution in [3.05, 3.63) is 82.7 Å². The van der Waals surface area contributed by atoms with Crippen LogP contribution in [0.25, 0.3) is 0 Å². The molecule has 3 aromatic rings. The first kappa shape index (κ1) is 27.2. The molecule has 1 aliphatic heterocycles. The molecule has 38 heavy (non-hydrogen) atoms. The Labute approximate surface area is 221 Å². The Balaban J connectivity index is 1.54. The van der Waals surface area contributed by atoms with Crippen molar-refractivity contribution in [3.63, 3.8) is 0 Å². The van der Waals surface area contributed by atoms with Crippen molar-refractivity contribution < 1.29 is 28.2 Å². The molecule has 200 valence electrons. The Morgan fingerprint density at radius 2 is 1.76 bits per heavy atom. The van der Waals surface area contributed by atoms with Crippen LogP contribution in [0.3, 0.4) is 0 Å². The van der Waals surface area contributed by atoms with E-state index in [-0.39, 0.29) is 34.6 Å². The van der Waals surface area contributed by atoms with Crippen LogP contribution in [0.15, 0.2) is 59.8 Å². The number of benzene rings is 2. The Hall–Kier alpha value is -3.83. The van der Waals surface area contributed by atoms with Crippen LogP contribution in [-0.2, 0) is 16.4 Å². The molecule has 10 nitrogen and oxygen atoms in total. The SMILES string of the molecule is CC[C@H]1CN(c2ncc(C(=O)O)cn2)Cc2cc(C(=O)N[C@@H](CO)c3ccc(S(=O)(=O)CC)cc3)ccc21. The largest absolute Gasteiger partial charge is 0.478 e.